The summed E-state index contributed by atoms with van der Waals surface area (Å²) in [6.07, 6.45) is 0.173. The van der Waals surface area contributed by atoms with Gasteiger partial charge < -0.3 is 14.8 Å². The normalized spacial score (nSPS) is 10.3. The van der Waals surface area contributed by atoms with Gasteiger partial charge in [0, 0.05) is 6.42 Å². The summed E-state index contributed by atoms with van der Waals surface area (Å²) in [6, 6.07) is 7.26. The summed E-state index contributed by atoms with van der Waals surface area (Å²) < 4.78 is 10.4. The molecule has 1 aromatic carbocycles. The van der Waals surface area contributed by atoms with E-state index < -0.39 is 0 Å². The molecular formula is C16H23NO4. The van der Waals surface area contributed by atoms with Crippen molar-refractivity contribution >= 4 is 17.6 Å². The molecule has 116 valence electrons. The molecule has 0 fully saturated rings. The number of ether oxygens (including phenoxy) is 2. The van der Waals surface area contributed by atoms with Crippen LogP contribution in [0.5, 0.6) is 5.75 Å². The molecule has 1 aromatic rings. The van der Waals surface area contributed by atoms with Gasteiger partial charge in [-0.25, -0.2) is 0 Å². The van der Waals surface area contributed by atoms with Crippen LogP contribution >= 0.6 is 0 Å². The Hall–Kier alpha value is -2.04. The Balaban J connectivity index is 2.53. The molecule has 1 amide bonds. The van der Waals surface area contributed by atoms with E-state index in [1.807, 2.05) is 18.2 Å². The van der Waals surface area contributed by atoms with Gasteiger partial charge in [-0.15, -0.1) is 0 Å². The van der Waals surface area contributed by atoms with Crippen molar-refractivity contribution < 1.29 is 19.1 Å². The molecule has 21 heavy (non-hydrogen) atoms. The van der Waals surface area contributed by atoms with Crippen LogP contribution in [0.4, 0.5) is 5.69 Å². The van der Waals surface area contributed by atoms with Gasteiger partial charge in [-0.2, -0.15) is 0 Å². The number of hydrogen-bond acceptors (Lipinski definition) is 4. The first-order valence-electron chi connectivity index (χ1n) is 7.20. The van der Waals surface area contributed by atoms with Gasteiger partial charge >= 0.3 is 5.97 Å². The molecule has 0 aliphatic heterocycles. The fourth-order valence-electron chi connectivity index (χ4n) is 1.61. The second-order valence-electron chi connectivity index (χ2n) is 5.05. The van der Waals surface area contributed by atoms with Crippen molar-refractivity contribution in [3.05, 3.63) is 24.3 Å². The van der Waals surface area contributed by atoms with Gasteiger partial charge in [-0.1, -0.05) is 26.0 Å². The maximum atomic E-state index is 11.8. The minimum atomic E-state index is -0.364. The average Bonchev–Trinajstić information content (AvgIpc) is 2.44. The zero-order valence-electron chi connectivity index (χ0n) is 12.8. The van der Waals surface area contributed by atoms with E-state index >= 15 is 0 Å². The summed E-state index contributed by atoms with van der Waals surface area (Å²) in [5.74, 6) is 0.439. The molecule has 0 aliphatic carbocycles. The van der Waals surface area contributed by atoms with Crippen LogP contribution in [0.3, 0.4) is 0 Å². The predicted octanol–water partition coefficient (Wildman–Crippen LogP) is 3.00. The quantitative estimate of drug-likeness (QED) is 0.748. The summed E-state index contributed by atoms with van der Waals surface area (Å²) in [6.45, 7) is 6.75. The molecule has 0 saturated heterocycles. The number of esters is 1. The van der Waals surface area contributed by atoms with E-state index in [1.54, 1.807) is 13.0 Å². The van der Waals surface area contributed by atoms with Gasteiger partial charge in [0.05, 0.1) is 25.3 Å². The first-order valence-corrected chi connectivity index (χ1v) is 7.20. The monoisotopic (exact) mass is 293 g/mol. The number of amides is 1. The average molecular weight is 293 g/mol. The van der Waals surface area contributed by atoms with Crippen LogP contribution in [0.2, 0.25) is 0 Å². The van der Waals surface area contributed by atoms with E-state index in [1.165, 1.54) is 0 Å². The molecule has 5 heteroatoms. The van der Waals surface area contributed by atoms with Gasteiger partial charge in [-0.05, 0) is 25.0 Å². The highest BCUT2D eigenvalue weighted by Crippen LogP contribution is 2.24. The minimum Gasteiger partial charge on any atom is -0.491 e. The maximum Gasteiger partial charge on any atom is 0.306 e. The summed E-state index contributed by atoms with van der Waals surface area (Å²) in [7, 11) is 0. The molecule has 1 N–H and O–H groups in total. The Morgan fingerprint density at radius 3 is 2.57 bits per heavy atom. The van der Waals surface area contributed by atoms with Crippen LogP contribution in [0.15, 0.2) is 24.3 Å². The molecular weight excluding hydrogens is 270 g/mol. The Kier molecular flexibility index (Phi) is 7.29. The van der Waals surface area contributed by atoms with Crippen molar-refractivity contribution in [3.63, 3.8) is 0 Å². The van der Waals surface area contributed by atoms with E-state index in [4.69, 9.17) is 9.47 Å². The molecule has 0 aliphatic rings. The third kappa shape index (κ3) is 6.79. The lowest BCUT2D eigenvalue weighted by Gasteiger charge is -2.13. The summed E-state index contributed by atoms with van der Waals surface area (Å²) >= 11 is 0. The van der Waals surface area contributed by atoms with Gasteiger partial charge in [0.2, 0.25) is 5.91 Å². The fraction of sp³-hybridized carbons (Fsp3) is 0.500. The second-order valence-corrected chi connectivity index (χ2v) is 5.05. The lowest BCUT2D eigenvalue weighted by Crippen LogP contribution is -2.15. The first-order chi connectivity index (χ1) is 10.0. The molecule has 0 aromatic heterocycles. The van der Waals surface area contributed by atoms with Crippen LogP contribution in [0.25, 0.3) is 0 Å². The van der Waals surface area contributed by atoms with Gasteiger partial charge in [0.15, 0.2) is 0 Å². The highest BCUT2D eigenvalue weighted by Gasteiger charge is 2.10. The number of carbonyl (C=O) groups excluding carboxylic acids is 2. The van der Waals surface area contributed by atoms with Crippen molar-refractivity contribution in [3.8, 4) is 5.75 Å². The Morgan fingerprint density at radius 1 is 1.19 bits per heavy atom. The zero-order valence-corrected chi connectivity index (χ0v) is 12.8. The van der Waals surface area contributed by atoms with Crippen molar-refractivity contribution in [1.82, 2.24) is 0 Å². The van der Waals surface area contributed by atoms with Crippen molar-refractivity contribution in [2.75, 3.05) is 18.5 Å². The number of para-hydroxylation sites is 2. The lowest BCUT2D eigenvalue weighted by molar-refractivity contribution is -0.144. The highest BCUT2D eigenvalue weighted by atomic mass is 16.5. The number of hydrogen-bond donors (Lipinski definition) is 1. The summed E-state index contributed by atoms with van der Waals surface area (Å²) in [4.78, 5) is 23.1. The molecule has 0 spiro atoms. The number of benzene rings is 1. The summed E-state index contributed by atoms with van der Waals surface area (Å²) in [5.41, 5.74) is 0.618. The van der Waals surface area contributed by atoms with Gasteiger partial charge in [0.1, 0.15) is 5.75 Å². The molecule has 0 radical (unpaired) electrons. The third-order valence-electron chi connectivity index (χ3n) is 2.59. The topological polar surface area (TPSA) is 64.6 Å². The minimum absolute atomic E-state index is 0.0781. The zero-order chi connectivity index (χ0) is 15.7. The van der Waals surface area contributed by atoms with Crippen molar-refractivity contribution in [2.24, 2.45) is 5.92 Å². The van der Waals surface area contributed by atoms with Crippen molar-refractivity contribution in [1.29, 1.82) is 0 Å². The predicted molar refractivity (Wildman–Crippen MR) is 81.3 cm³/mol. The molecule has 0 saturated carbocycles. The second kappa shape index (κ2) is 9.00. The third-order valence-corrected chi connectivity index (χ3v) is 2.59. The van der Waals surface area contributed by atoms with Crippen LogP contribution in [0.1, 0.15) is 33.6 Å². The van der Waals surface area contributed by atoms with Crippen molar-refractivity contribution in [2.45, 2.75) is 33.6 Å². The van der Waals surface area contributed by atoms with Crippen LogP contribution in [-0.4, -0.2) is 25.1 Å². The van der Waals surface area contributed by atoms with E-state index in [0.717, 1.165) is 0 Å². The molecule has 0 heterocycles. The summed E-state index contributed by atoms with van der Waals surface area (Å²) in [5, 5.41) is 2.76. The van der Waals surface area contributed by atoms with Crippen LogP contribution < -0.4 is 10.1 Å². The largest absolute Gasteiger partial charge is 0.491 e. The number of carbonyl (C=O) groups is 2. The smallest absolute Gasteiger partial charge is 0.306 e. The Labute approximate surface area is 125 Å². The molecule has 0 unspecified atom stereocenters. The van der Waals surface area contributed by atoms with Crippen LogP contribution in [-0.2, 0) is 14.3 Å². The number of rotatable bonds is 8. The SMILES string of the molecule is CCOC(=O)CCC(=O)Nc1ccccc1OCC(C)C. The van der Waals surface area contributed by atoms with E-state index in [2.05, 4.69) is 19.2 Å². The van der Waals surface area contributed by atoms with E-state index in [0.29, 0.717) is 30.6 Å². The van der Waals surface area contributed by atoms with E-state index in [-0.39, 0.29) is 24.7 Å². The highest BCUT2D eigenvalue weighted by molar-refractivity contribution is 5.93. The lowest BCUT2D eigenvalue weighted by atomic mass is 10.2. The van der Waals surface area contributed by atoms with Gasteiger partial charge in [-0.3, -0.25) is 9.59 Å². The Morgan fingerprint density at radius 2 is 1.90 bits per heavy atom. The standard InChI is InChI=1S/C16H23NO4/c1-4-20-16(19)10-9-15(18)17-13-7-5-6-8-14(13)21-11-12(2)3/h5-8,12H,4,9-11H2,1-3H3,(H,17,18). The van der Waals surface area contributed by atoms with Gasteiger partial charge in [0.25, 0.3) is 0 Å². The Bertz CT molecular complexity index is 471. The number of anilines is 1. The number of nitrogens with one attached hydrogen (secondary N) is 1. The molecule has 0 atom stereocenters. The molecule has 1 rings (SSSR count). The van der Waals surface area contributed by atoms with E-state index in [9.17, 15) is 9.59 Å². The maximum absolute atomic E-state index is 11.8. The molecule has 0 bridgehead atoms. The fourth-order valence-corrected chi connectivity index (χ4v) is 1.61. The first kappa shape index (κ1) is 17.0. The van der Waals surface area contributed by atoms with Crippen LogP contribution in [0, 0.1) is 5.92 Å². The molecule has 5 nitrogen and oxygen atoms in total.